The van der Waals surface area contributed by atoms with E-state index in [4.69, 9.17) is 0 Å². The zero-order valence-corrected chi connectivity index (χ0v) is 14.5. The van der Waals surface area contributed by atoms with E-state index in [1.807, 2.05) is 42.4 Å². The first-order valence-electron chi connectivity index (χ1n) is 8.59. The summed E-state index contributed by atoms with van der Waals surface area (Å²) in [6, 6.07) is 12.2. The Labute approximate surface area is 146 Å². The van der Waals surface area contributed by atoms with Gasteiger partial charge in [-0.3, -0.25) is 9.48 Å². The summed E-state index contributed by atoms with van der Waals surface area (Å²) < 4.78 is 4.02. The van der Waals surface area contributed by atoms with Crippen LogP contribution in [0.15, 0.2) is 48.8 Å². The molecule has 25 heavy (non-hydrogen) atoms. The van der Waals surface area contributed by atoms with Gasteiger partial charge in [0.05, 0.1) is 6.04 Å². The van der Waals surface area contributed by atoms with Gasteiger partial charge in [0.2, 0.25) is 0 Å². The smallest absolute Gasteiger partial charge is 0.274 e. The van der Waals surface area contributed by atoms with E-state index in [2.05, 4.69) is 33.7 Å². The normalized spacial score (nSPS) is 14.6. The van der Waals surface area contributed by atoms with Gasteiger partial charge in [0, 0.05) is 43.3 Å². The third-order valence-corrected chi connectivity index (χ3v) is 4.71. The third kappa shape index (κ3) is 2.73. The maximum absolute atomic E-state index is 12.5. The van der Waals surface area contributed by atoms with Crippen LogP contribution in [0, 0.1) is 6.92 Å². The molecule has 4 rings (SSSR count). The molecule has 1 aromatic carbocycles. The van der Waals surface area contributed by atoms with Crippen molar-refractivity contribution < 1.29 is 4.79 Å². The second-order valence-electron chi connectivity index (χ2n) is 6.38. The molecule has 3 aromatic rings. The average Bonchev–Trinajstić information content (AvgIpc) is 3.22. The highest BCUT2D eigenvalue weighted by atomic mass is 16.2. The fourth-order valence-electron chi connectivity index (χ4n) is 3.31. The first-order chi connectivity index (χ1) is 12.2. The van der Waals surface area contributed by atoms with Gasteiger partial charge in [0.25, 0.3) is 5.91 Å². The van der Waals surface area contributed by atoms with Crippen molar-refractivity contribution in [2.24, 2.45) is 0 Å². The van der Waals surface area contributed by atoms with Gasteiger partial charge in [0.1, 0.15) is 11.5 Å². The monoisotopic (exact) mass is 335 g/mol. The number of imidazole rings is 1. The topological polar surface area (TPSA) is 56.0 Å². The molecule has 3 heterocycles. The molecule has 0 unspecified atom stereocenters. The minimum absolute atomic E-state index is 0.00230. The van der Waals surface area contributed by atoms with Gasteiger partial charge in [-0.2, -0.15) is 5.10 Å². The summed E-state index contributed by atoms with van der Waals surface area (Å²) in [6.07, 6.45) is 3.74. The molecule has 1 aliphatic rings. The van der Waals surface area contributed by atoms with E-state index in [-0.39, 0.29) is 11.9 Å². The molecule has 6 heteroatoms. The Kier molecular flexibility index (Phi) is 3.87. The van der Waals surface area contributed by atoms with Crippen LogP contribution in [-0.4, -0.2) is 43.2 Å². The summed E-state index contributed by atoms with van der Waals surface area (Å²) >= 11 is 0. The Hall–Kier alpha value is -2.89. The molecule has 128 valence electrons. The fourth-order valence-corrected chi connectivity index (χ4v) is 3.31. The second-order valence-corrected chi connectivity index (χ2v) is 6.38. The number of aromatic nitrogens is 4. The lowest BCUT2D eigenvalue weighted by Crippen LogP contribution is -2.51. The van der Waals surface area contributed by atoms with Crippen molar-refractivity contribution in [3.8, 4) is 11.4 Å². The summed E-state index contributed by atoms with van der Waals surface area (Å²) in [5.74, 6) is 0.966. The number of hydrogen-bond donors (Lipinski definition) is 0. The maximum atomic E-state index is 12.5. The molecular weight excluding hydrogens is 314 g/mol. The van der Waals surface area contributed by atoms with Crippen LogP contribution in [0.2, 0.25) is 0 Å². The number of amides is 1. The molecule has 2 aromatic heterocycles. The summed E-state index contributed by atoms with van der Waals surface area (Å²) in [5, 5.41) is 4.31. The van der Waals surface area contributed by atoms with Gasteiger partial charge in [-0.05, 0) is 19.9 Å². The summed E-state index contributed by atoms with van der Waals surface area (Å²) in [6.45, 7) is 6.22. The van der Waals surface area contributed by atoms with Crippen molar-refractivity contribution in [3.63, 3.8) is 0 Å². The van der Waals surface area contributed by atoms with E-state index in [9.17, 15) is 4.79 Å². The lowest BCUT2D eigenvalue weighted by Gasteiger charge is -2.40. The SMILES string of the molecule is CCn1ccc(C(=O)N2CC(n3c(C)cnc3-c3ccccc3)C2)n1. The van der Waals surface area contributed by atoms with E-state index in [0.717, 1.165) is 23.6 Å². The molecular formula is C19H21N5O. The lowest BCUT2D eigenvalue weighted by molar-refractivity contribution is 0.0513. The van der Waals surface area contributed by atoms with Crippen molar-refractivity contribution in [1.29, 1.82) is 0 Å². The van der Waals surface area contributed by atoms with Crippen molar-refractivity contribution in [2.75, 3.05) is 13.1 Å². The first-order valence-corrected chi connectivity index (χ1v) is 8.59. The Morgan fingerprint density at radius 3 is 2.64 bits per heavy atom. The van der Waals surface area contributed by atoms with Crippen molar-refractivity contribution >= 4 is 5.91 Å². The third-order valence-electron chi connectivity index (χ3n) is 4.71. The molecule has 1 fully saturated rings. The summed E-state index contributed by atoms with van der Waals surface area (Å²) in [5.41, 5.74) is 2.74. The Bertz CT molecular complexity index is 890. The molecule has 6 nitrogen and oxygen atoms in total. The maximum Gasteiger partial charge on any atom is 0.274 e. The van der Waals surface area contributed by atoms with Crippen molar-refractivity contribution in [2.45, 2.75) is 26.4 Å². The van der Waals surface area contributed by atoms with Crippen LogP contribution >= 0.6 is 0 Å². The van der Waals surface area contributed by atoms with E-state index >= 15 is 0 Å². The zero-order chi connectivity index (χ0) is 17.4. The van der Waals surface area contributed by atoms with Crippen LogP contribution in [-0.2, 0) is 6.54 Å². The van der Waals surface area contributed by atoms with E-state index in [1.54, 1.807) is 10.7 Å². The predicted octanol–water partition coefficient (Wildman–Crippen LogP) is 2.77. The van der Waals surface area contributed by atoms with Crippen LogP contribution in [0.4, 0.5) is 0 Å². The molecule has 0 spiro atoms. The minimum Gasteiger partial charge on any atom is -0.333 e. The quantitative estimate of drug-likeness (QED) is 0.737. The lowest BCUT2D eigenvalue weighted by atomic mass is 10.1. The largest absolute Gasteiger partial charge is 0.333 e. The van der Waals surface area contributed by atoms with Gasteiger partial charge < -0.3 is 9.47 Å². The molecule has 1 amide bonds. The van der Waals surface area contributed by atoms with Gasteiger partial charge in [-0.1, -0.05) is 30.3 Å². The second kappa shape index (κ2) is 6.20. The minimum atomic E-state index is 0.00230. The molecule has 1 saturated heterocycles. The molecule has 0 saturated carbocycles. The number of aryl methyl sites for hydroxylation is 2. The van der Waals surface area contributed by atoms with E-state index in [0.29, 0.717) is 18.8 Å². The fraction of sp³-hybridized carbons (Fsp3) is 0.316. The number of likely N-dealkylation sites (tertiary alicyclic amines) is 1. The average molecular weight is 335 g/mol. The van der Waals surface area contributed by atoms with Crippen LogP contribution in [0.1, 0.15) is 29.1 Å². The van der Waals surface area contributed by atoms with Gasteiger partial charge in [0.15, 0.2) is 0 Å². The van der Waals surface area contributed by atoms with Gasteiger partial charge in [-0.15, -0.1) is 0 Å². The summed E-state index contributed by atoms with van der Waals surface area (Å²) in [7, 11) is 0. The highest BCUT2D eigenvalue weighted by Crippen LogP contribution is 2.30. The van der Waals surface area contributed by atoms with E-state index < -0.39 is 0 Å². The molecule has 0 N–H and O–H groups in total. The number of carbonyl (C=O) groups is 1. The number of benzene rings is 1. The Balaban J connectivity index is 1.51. The van der Waals surface area contributed by atoms with Crippen molar-refractivity contribution in [3.05, 3.63) is 60.2 Å². The number of rotatable bonds is 4. The van der Waals surface area contributed by atoms with Gasteiger partial charge in [-0.25, -0.2) is 4.98 Å². The van der Waals surface area contributed by atoms with Gasteiger partial charge >= 0.3 is 0 Å². The van der Waals surface area contributed by atoms with Crippen LogP contribution < -0.4 is 0 Å². The molecule has 0 atom stereocenters. The van der Waals surface area contributed by atoms with Crippen LogP contribution in [0.5, 0.6) is 0 Å². The molecule has 1 aliphatic heterocycles. The molecule has 0 aliphatic carbocycles. The number of nitrogens with zero attached hydrogens (tertiary/aromatic N) is 5. The van der Waals surface area contributed by atoms with Crippen LogP contribution in [0.25, 0.3) is 11.4 Å². The highest BCUT2D eigenvalue weighted by Gasteiger charge is 2.35. The zero-order valence-electron chi connectivity index (χ0n) is 14.5. The predicted molar refractivity (Wildman–Crippen MR) is 95.2 cm³/mol. The van der Waals surface area contributed by atoms with Crippen LogP contribution in [0.3, 0.4) is 0 Å². The standard InChI is InChI=1S/C19H21N5O/c1-3-23-10-9-17(21-23)19(25)22-12-16(13-22)24-14(2)11-20-18(24)15-7-5-4-6-8-15/h4-11,16H,3,12-13H2,1-2H3. The number of hydrogen-bond acceptors (Lipinski definition) is 3. The Morgan fingerprint density at radius 1 is 1.20 bits per heavy atom. The molecule has 0 bridgehead atoms. The number of carbonyl (C=O) groups excluding carboxylic acids is 1. The first kappa shape index (κ1) is 15.6. The Morgan fingerprint density at radius 2 is 1.96 bits per heavy atom. The summed E-state index contributed by atoms with van der Waals surface area (Å²) in [4.78, 5) is 19.0. The van der Waals surface area contributed by atoms with E-state index in [1.165, 1.54) is 0 Å². The highest BCUT2D eigenvalue weighted by molar-refractivity contribution is 5.92. The van der Waals surface area contributed by atoms with Crippen molar-refractivity contribution in [1.82, 2.24) is 24.2 Å². The molecule has 0 radical (unpaired) electrons.